The molecule has 1 unspecified atom stereocenters. The number of ether oxygens (including phenoxy) is 1. The van der Waals surface area contributed by atoms with Crippen molar-refractivity contribution in [2.45, 2.75) is 51.7 Å². The molecule has 0 saturated heterocycles. The van der Waals surface area contributed by atoms with E-state index in [2.05, 4.69) is 20.6 Å². The van der Waals surface area contributed by atoms with Crippen molar-refractivity contribution in [1.82, 2.24) is 15.3 Å². The van der Waals surface area contributed by atoms with Gasteiger partial charge < -0.3 is 20.4 Å². The number of anilines is 1. The highest BCUT2D eigenvalue weighted by Gasteiger charge is 2.38. The Bertz CT molecular complexity index is 575. The molecule has 0 aliphatic heterocycles. The van der Waals surface area contributed by atoms with Gasteiger partial charge in [-0.3, -0.25) is 9.59 Å². The summed E-state index contributed by atoms with van der Waals surface area (Å²) in [6.45, 7) is 6.92. The molecule has 1 heterocycles. The van der Waals surface area contributed by atoms with Gasteiger partial charge in [-0.25, -0.2) is 4.98 Å². The van der Waals surface area contributed by atoms with Crippen LogP contribution in [0.3, 0.4) is 0 Å². The maximum Gasteiger partial charge on any atom is 0.323 e. The average molecular weight is 322 g/mol. The zero-order valence-corrected chi connectivity index (χ0v) is 14.0. The number of nitrogens with zero attached hydrogens (tertiary/aromatic N) is 1. The number of hydrogen-bond donors (Lipinski definition) is 3. The molecular weight excluding hydrogens is 296 g/mol. The van der Waals surface area contributed by atoms with Crippen molar-refractivity contribution >= 4 is 11.8 Å². The number of carbonyl (C=O) groups excluding carboxylic acids is 1. The Morgan fingerprint density at radius 1 is 1.43 bits per heavy atom. The first-order valence-electron chi connectivity index (χ1n) is 8.10. The molecule has 1 aromatic heterocycles. The van der Waals surface area contributed by atoms with Gasteiger partial charge in [0.1, 0.15) is 11.6 Å². The largest absolute Gasteiger partial charge is 0.459 e. The molecule has 1 aliphatic carbocycles. The van der Waals surface area contributed by atoms with Gasteiger partial charge in [0.25, 0.3) is 5.56 Å². The second kappa shape index (κ2) is 7.59. The van der Waals surface area contributed by atoms with Crippen LogP contribution >= 0.6 is 0 Å². The monoisotopic (exact) mass is 322 g/mol. The van der Waals surface area contributed by atoms with Gasteiger partial charge in [0, 0.05) is 18.9 Å². The van der Waals surface area contributed by atoms with Gasteiger partial charge in [-0.1, -0.05) is 0 Å². The minimum Gasteiger partial charge on any atom is -0.459 e. The highest BCUT2D eigenvalue weighted by Crippen LogP contribution is 2.33. The zero-order chi connectivity index (χ0) is 16.9. The molecule has 1 saturated carbocycles. The minimum absolute atomic E-state index is 0.172. The van der Waals surface area contributed by atoms with Crippen LogP contribution in [-0.4, -0.2) is 40.7 Å². The normalized spacial score (nSPS) is 16.0. The molecule has 2 rings (SSSR count). The molecule has 0 bridgehead atoms. The van der Waals surface area contributed by atoms with E-state index in [-0.39, 0.29) is 17.6 Å². The maximum atomic E-state index is 12.2. The highest BCUT2D eigenvalue weighted by molar-refractivity contribution is 5.77. The lowest BCUT2D eigenvalue weighted by molar-refractivity contribution is -0.158. The summed E-state index contributed by atoms with van der Waals surface area (Å²) >= 11 is 0. The van der Waals surface area contributed by atoms with Crippen molar-refractivity contribution in [1.29, 1.82) is 0 Å². The zero-order valence-electron chi connectivity index (χ0n) is 14.0. The number of esters is 1. The Balaban J connectivity index is 1.72. The molecule has 0 radical (unpaired) electrons. The number of hydrogen-bond acceptors (Lipinski definition) is 6. The number of nitrogens with one attached hydrogen (secondary N) is 3. The van der Waals surface area contributed by atoms with Gasteiger partial charge in [0.15, 0.2) is 5.82 Å². The van der Waals surface area contributed by atoms with Crippen LogP contribution in [-0.2, 0) is 9.53 Å². The molecule has 1 fully saturated rings. The maximum absolute atomic E-state index is 12.2. The fourth-order valence-corrected chi connectivity index (χ4v) is 2.27. The van der Waals surface area contributed by atoms with E-state index in [1.807, 2.05) is 20.8 Å². The Kier molecular flexibility index (Phi) is 5.76. The van der Waals surface area contributed by atoms with Crippen molar-refractivity contribution in [3.05, 3.63) is 22.7 Å². The summed E-state index contributed by atoms with van der Waals surface area (Å²) in [6.07, 6.45) is 5.95. The van der Waals surface area contributed by atoms with Gasteiger partial charge in [-0.2, -0.15) is 0 Å². The molecule has 128 valence electrons. The van der Waals surface area contributed by atoms with Gasteiger partial charge in [0.2, 0.25) is 0 Å². The lowest BCUT2D eigenvalue weighted by Crippen LogP contribution is -2.43. The quantitative estimate of drug-likeness (QED) is 0.493. The van der Waals surface area contributed by atoms with Crippen molar-refractivity contribution < 1.29 is 9.53 Å². The third-order valence-electron chi connectivity index (χ3n) is 3.47. The first kappa shape index (κ1) is 17.5. The molecule has 7 heteroatoms. The molecule has 0 aromatic carbocycles. The van der Waals surface area contributed by atoms with Crippen LogP contribution < -0.4 is 16.2 Å². The average Bonchev–Trinajstić information content (AvgIpc) is 3.27. The molecule has 7 nitrogen and oxygen atoms in total. The topological polar surface area (TPSA) is 96.1 Å². The summed E-state index contributed by atoms with van der Waals surface area (Å²) in [5, 5.41) is 6.27. The SMILES string of the molecule is CC(C)(C)OC(=O)C(NCCCNc1ncc[nH]c1=O)C1CC1. The summed E-state index contributed by atoms with van der Waals surface area (Å²) in [4.78, 5) is 30.2. The lowest BCUT2D eigenvalue weighted by atomic mass is 10.1. The van der Waals surface area contributed by atoms with Crippen molar-refractivity contribution in [3.8, 4) is 0 Å². The lowest BCUT2D eigenvalue weighted by Gasteiger charge is -2.24. The van der Waals surface area contributed by atoms with Crippen LogP contribution in [0.2, 0.25) is 0 Å². The molecule has 1 aromatic rings. The molecule has 23 heavy (non-hydrogen) atoms. The van der Waals surface area contributed by atoms with Crippen LogP contribution in [0.4, 0.5) is 5.82 Å². The summed E-state index contributed by atoms with van der Waals surface area (Å²) in [5.41, 5.74) is -0.696. The fraction of sp³-hybridized carbons (Fsp3) is 0.688. The molecule has 1 aliphatic rings. The van der Waals surface area contributed by atoms with E-state index >= 15 is 0 Å². The van der Waals surface area contributed by atoms with Gasteiger partial charge >= 0.3 is 5.97 Å². The number of aromatic amines is 1. The Hall–Kier alpha value is -1.89. The second-order valence-corrected chi connectivity index (χ2v) is 6.85. The summed E-state index contributed by atoms with van der Waals surface area (Å²) in [6, 6.07) is -0.229. The molecule has 0 spiro atoms. The van der Waals surface area contributed by atoms with Crippen LogP contribution in [0.5, 0.6) is 0 Å². The minimum atomic E-state index is -0.465. The predicted molar refractivity (Wildman–Crippen MR) is 88.3 cm³/mol. The van der Waals surface area contributed by atoms with E-state index in [1.54, 1.807) is 0 Å². The van der Waals surface area contributed by atoms with Gasteiger partial charge in [0.05, 0.1) is 0 Å². The summed E-state index contributed by atoms with van der Waals surface area (Å²) in [5.74, 6) is 0.531. The van der Waals surface area contributed by atoms with E-state index in [4.69, 9.17) is 4.74 Å². The molecule has 1 atom stereocenters. The van der Waals surface area contributed by atoms with Crippen molar-refractivity contribution in [2.75, 3.05) is 18.4 Å². The van der Waals surface area contributed by atoms with Crippen molar-refractivity contribution in [2.24, 2.45) is 5.92 Å². The Morgan fingerprint density at radius 3 is 2.78 bits per heavy atom. The van der Waals surface area contributed by atoms with Crippen LogP contribution in [0.1, 0.15) is 40.0 Å². The third kappa shape index (κ3) is 6.02. The van der Waals surface area contributed by atoms with E-state index in [0.29, 0.717) is 24.8 Å². The van der Waals surface area contributed by atoms with E-state index in [9.17, 15) is 9.59 Å². The number of H-pyrrole nitrogens is 1. The smallest absolute Gasteiger partial charge is 0.323 e. The Labute approximate surface area is 136 Å². The van der Waals surface area contributed by atoms with Crippen LogP contribution in [0.25, 0.3) is 0 Å². The van der Waals surface area contributed by atoms with Crippen molar-refractivity contribution in [3.63, 3.8) is 0 Å². The third-order valence-corrected chi connectivity index (χ3v) is 3.47. The summed E-state index contributed by atoms with van der Waals surface area (Å²) < 4.78 is 5.47. The molecular formula is C16H26N4O3. The first-order valence-corrected chi connectivity index (χ1v) is 8.10. The van der Waals surface area contributed by atoms with E-state index in [0.717, 1.165) is 19.3 Å². The van der Waals surface area contributed by atoms with Gasteiger partial charge in [-0.15, -0.1) is 0 Å². The van der Waals surface area contributed by atoms with Crippen LogP contribution in [0.15, 0.2) is 17.2 Å². The van der Waals surface area contributed by atoms with E-state index in [1.165, 1.54) is 12.4 Å². The second-order valence-electron chi connectivity index (χ2n) is 6.85. The van der Waals surface area contributed by atoms with Crippen LogP contribution in [0, 0.1) is 5.92 Å². The van der Waals surface area contributed by atoms with Gasteiger partial charge in [-0.05, 0) is 52.5 Å². The number of aromatic nitrogens is 2. The Morgan fingerprint density at radius 2 is 2.17 bits per heavy atom. The number of carbonyl (C=O) groups is 1. The standard InChI is InChI=1S/C16H26N4O3/c1-16(2,3)23-15(22)12(11-5-6-11)17-7-4-8-18-13-14(21)20-10-9-19-13/h9-12,17H,4-8H2,1-3H3,(H,18,19)(H,20,21). The first-order chi connectivity index (χ1) is 10.9. The molecule has 0 amide bonds. The molecule has 3 N–H and O–H groups in total. The number of rotatable bonds is 8. The highest BCUT2D eigenvalue weighted by atomic mass is 16.6. The van der Waals surface area contributed by atoms with E-state index < -0.39 is 5.60 Å². The fourth-order valence-electron chi connectivity index (χ4n) is 2.27. The predicted octanol–water partition coefficient (Wildman–Crippen LogP) is 1.28. The summed E-state index contributed by atoms with van der Waals surface area (Å²) in [7, 11) is 0.